The molecule has 2 aromatic carbocycles. The summed E-state index contributed by atoms with van der Waals surface area (Å²) in [6.45, 7) is 0. The van der Waals surface area contributed by atoms with Crippen molar-refractivity contribution >= 4 is 33.9 Å². The molecule has 0 saturated heterocycles. The second-order valence-electron chi connectivity index (χ2n) is 5.99. The maximum Gasteiger partial charge on any atom is 0.263 e. The van der Waals surface area contributed by atoms with Crippen LogP contribution in [0.3, 0.4) is 0 Å². The number of H-pyrrole nitrogens is 1. The monoisotopic (exact) mass is 393 g/mol. The molecule has 0 bridgehead atoms. The average Bonchev–Trinajstić information content (AvgIpc) is 3.28. The summed E-state index contributed by atoms with van der Waals surface area (Å²) < 4.78 is 20.6. The Labute approximate surface area is 161 Å². The first-order chi connectivity index (χ1) is 13.7. The second kappa shape index (κ2) is 6.61. The van der Waals surface area contributed by atoms with Crippen molar-refractivity contribution in [2.45, 2.75) is 10.8 Å². The maximum atomic E-state index is 13.3. The highest BCUT2D eigenvalue weighted by atomic mass is 32.2. The highest BCUT2D eigenvalue weighted by Gasteiger charge is 2.18. The zero-order valence-electron chi connectivity index (χ0n) is 14.3. The van der Waals surface area contributed by atoms with Gasteiger partial charge in [-0.15, -0.1) is 0 Å². The predicted octanol–water partition coefficient (Wildman–Crippen LogP) is 3.68. The Morgan fingerprint density at radius 2 is 2.04 bits per heavy atom. The third-order valence-electron chi connectivity index (χ3n) is 4.17. The number of hydrogen-bond acceptors (Lipinski definition) is 6. The largest absolute Gasteiger partial charge is 0.440 e. The zero-order valence-corrected chi connectivity index (χ0v) is 15.1. The summed E-state index contributed by atoms with van der Waals surface area (Å²) in [4.78, 5) is 23.6. The van der Waals surface area contributed by atoms with E-state index in [1.54, 1.807) is 10.7 Å². The van der Waals surface area contributed by atoms with Gasteiger partial charge in [0.25, 0.3) is 5.56 Å². The molecule has 0 atom stereocenters. The highest BCUT2D eigenvalue weighted by Crippen LogP contribution is 2.29. The number of para-hydroxylation sites is 1. The third-order valence-corrected chi connectivity index (χ3v) is 5.12. The van der Waals surface area contributed by atoms with Crippen LogP contribution in [-0.2, 0) is 5.75 Å². The Kier molecular flexibility index (Phi) is 3.94. The molecule has 0 spiro atoms. The van der Waals surface area contributed by atoms with Gasteiger partial charge in [-0.25, -0.2) is 19.0 Å². The van der Waals surface area contributed by atoms with Gasteiger partial charge in [-0.1, -0.05) is 30.0 Å². The Morgan fingerprint density at radius 3 is 2.89 bits per heavy atom. The molecule has 0 aliphatic carbocycles. The molecule has 1 N–H and O–H groups in total. The molecule has 0 amide bonds. The number of hydrogen-bond donors (Lipinski definition) is 1. The van der Waals surface area contributed by atoms with E-state index in [-0.39, 0.29) is 11.4 Å². The van der Waals surface area contributed by atoms with Crippen molar-refractivity contribution in [3.63, 3.8) is 0 Å². The Hall–Kier alpha value is -3.46. The lowest BCUT2D eigenvalue weighted by Crippen LogP contribution is -2.07. The van der Waals surface area contributed by atoms with E-state index in [1.807, 2.05) is 30.3 Å². The summed E-state index contributed by atoms with van der Waals surface area (Å²) in [6, 6.07) is 13.6. The Balaban J connectivity index is 1.54. The van der Waals surface area contributed by atoms with Crippen molar-refractivity contribution < 1.29 is 8.81 Å². The normalized spacial score (nSPS) is 11.5. The van der Waals surface area contributed by atoms with Gasteiger partial charge < -0.3 is 9.40 Å². The molecule has 0 radical (unpaired) electrons. The molecule has 0 saturated carbocycles. The van der Waals surface area contributed by atoms with Crippen LogP contribution in [0, 0.1) is 5.82 Å². The number of nitrogens with one attached hydrogen (secondary N) is 1. The average molecular weight is 393 g/mol. The quantitative estimate of drug-likeness (QED) is 0.469. The number of aromatic amines is 1. The minimum absolute atomic E-state index is 0.269. The second-order valence-corrected chi connectivity index (χ2v) is 6.96. The molecule has 5 rings (SSSR count). The molecule has 0 aliphatic rings. The third kappa shape index (κ3) is 2.85. The number of nitrogens with zero attached hydrogens (tertiary/aromatic N) is 4. The van der Waals surface area contributed by atoms with Gasteiger partial charge in [0.15, 0.2) is 11.2 Å². The molecule has 0 fully saturated rings. The van der Waals surface area contributed by atoms with Crippen LogP contribution in [0.2, 0.25) is 0 Å². The van der Waals surface area contributed by atoms with Crippen LogP contribution in [0.4, 0.5) is 4.39 Å². The first kappa shape index (κ1) is 16.7. The van der Waals surface area contributed by atoms with E-state index in [0.29, 0.717) is 38.8 Å². The zero-order chi connectivity index (χ0) is 19.1. The molecule has 3 aromatic heterocycles. The first-order valence-corrected chi connectivity index (χ1v) is 9.37. The van der Waals surface area contributed by atoms with E-state index in [1.165, 1.54) is 30.2 Å². The standard InChI is InChI=1S/C19H12FN5O2S/c20-11-6-7-14-13(8-11)23-15(27-14)9-28-19-16-17(21-10-22-18(16)26)25(24-19)12-4-2-1-3-5-12/h1-8,10H,9H2,(H,21,22,26). The summed E-state index contributed by atoms with van der Waals surface area (Å²) in [5.74, 6) is 0.393. The summed E-state index contributed by atoms with van der Waals surface area (Å²) in [7, 11) is 0. The van der Waals surface area contributed by atoms with Crippen molar-refractivity contribution in [1.29, 1.82) is 0 Å². The lowest BCUT2D eigenvalue weighted by Gasteiger charge is -2.00. The van der Waals surface area contributed by atoms with Crippen molar-refractivity contribution in [3.05, 3.63) is 76.9 Å². The lowest BCUT2D eigenvalue weighted by molar-refractivity contribution is 0.555. The number of fused-ring (bicyclic) bond motifs is 2. The Bertz CT molecular complexity index is 1360. The van der Waals surface area contributed by atoms with Crippen LogP contribution >= 0.6 is 11.8 Å². The van der Waals surface area contributed by atoms with Crippen LogP contribution in [0.1, 0.15) is 5.89 Å². The predicted molar refractivity (Wildman–Crippen MR) is 103 cm³/mol. The highest BCUT2D eigenvalue weighted by molar-refractivity contribution is 7.98. The van der Waals surface area contributed by atoms with E-state index in [2.05, 4.69) is 20.1 Å². The van der Waals surface area contributed by atoms with Crippen LogP contribution < -0.4 is 5.56 Å². The van der Waals surface area contributed by atoms with Crippen molar-refractivity contribution in [2.75, 3.05) is 0 Å². The minimum Gasteiger partial charge on any atom is -0.440 e. The summed E-state index contributed by atoms with van der Waals surface area (Å²) in [5, 5.41) is 5.49. The van der Waals surface area contributed by atoms with Gasteiger partial charge in [-0.2, -0.15) is 5.10 Å². The van der Waals surface area contributed by atoms with Crippen LogP contribution in [0.15, 0.2) is 69.1 Å². The number of aromatic nitrogens is 5. The lowest BCUT2D eigenvalue weighted by atomic mass is 10.3. The topological polar surface area (TPSA) is 89.6 Å². The van der Waals surface area contributed by atoms with Gasteiger partial charge in [0.2, 0.25) is 5.89 Å². The first-order valence-electron chi connectivity index (χ1n) is 8.38. The summed E-state index contributed by atoms with van der Waals surface area (Å²) in [6.07, 6.45) is 1.36. The van der Waals surface area contributed by atoms with Gasteiger partial charge in [-0.05, 0) is 24.3 Å². The smallest absolute Gasteiger partial charge is 0.263 e. The maximum absolute atomic E-state index is 13.3. The van der Waals surface area contributed by atoms with Gasteiger partial charge in [-0.3, -0.25) is 4.79 Å². The number of halogens is 1. The van der Waals surface area contributed by atoms with Crippen molar-refractivity contribution in [1.82, 2.24) is 24.7 Å². The van der Waals surface area contributed by atoms with E-state index < -0.39 is 0 Å². The molecule has 138 valence electrons. The number of rotatable bonds is 4. The van der Waals surface area contributed by atoms with Crippen molar-refractivity contribution in [2.24, 2.45) is 0 Å². The number of thioether (sulfide) groups is 1. The van der Waals surface area contributed by atoms with E-state index in [9.17, 15) is 9.18 Å². The van der Waals surface area contributed by atoms with Gasteiger partial charge >= 0.3 is 0 Å². The van der Waals surface area contributed by atoms with Crippen LogP contribution in [0.5, 0.6) is 0 Å². The molecular weight excluding hydrogens is 381 g/mol. The molecule has 0 aliphatic heterocycles. The summed E-state index contributed by atoms with van der Waals surface area (Å²) in [5.41, 5.74) is 1.96. The van der Waals surface area contributed by atoms with Crippen LogP contribution in [0.25, 0.3) is 27.8 Å². The molecule has 3 heterocycles. The van der Waals surface area contributed by atoms with Gasteiger partial charge in [0.1, 0.15) is 21.7 Å². The molecule has 0 unspecified atom stereocenters. The molecule has 7 nitrogen and oxygen atoms in total. The fourth-order valence-corrected chi connectivity index (χ4v) is 3.77. The number of oxazole rings is 1. The molecule has 5 aromatic rings. The van der Waals surface area contributed by atoms with Crippen LogP contribution in [-0.4, -0.2) is 24.7 Å². The Morgan fingerprint density at radius 1 is 1.18 bits per heavy atom. The van der Waals surface area contributed by atoms with Gasteiger partial charge in [0.05, 0.1) is 17.8 Å². The molecule has 9 heteroatoms. The minimum atomic E-state index is -0.370. The molecule has 28 heavy (non-hydrogen) atoms. The number of benzene rings is 2. The summed E-state index contributed by atoms with van der Waals surface area (Å²) >= 11 is 1.31. The van der Waals surface area contributed by atoms with E-state index >= 15 is 0 Å². The molecular formula is C19H12FN5O2S. The fraction of sp³-hybridized carbons (Fsp3) is 0.0526. The van der Waals surface area contributed by atoms with E-state index in [4.69, 9.17) is 4.42 Å². The van der Waals surface area contributed by atoms with Gasteiger partial charge in [0, 0.05) is 6.07 Å². The van der Waals surface area contributed by atoms with Crippen molar-refractivity contribution in [3.8, 4) is 5.69 Å². The SMILES string of the molecule is O=c1[nH]cnc2c1c(SCc1nc3cc(F)ccc3o1)nn2-c1ccccc1. The van der Waals surface area contributed by atoms with E-state index in [0.717, 1.165) is 5.69 Å². The fourth-order valence-electron chi connectivity index (χ4n) is 2.92.